The molecule has 3 heterocycles. The molecule has 0 N–H and O–H groups in total. The normalized spacial score (nSPS) is 17.6. The first-order chi connectivity index (χ1) is 14.5. The lowest BCUT2D eigenvalue weighted by molar-refractivity contribution is 0.0504. The highest BCUT2D eigenvalue weighted by Gasteiger charge is 2.37. The minimum Gasteiger partial charge on any atom is -0.489 e. The summed E-state index contributed by atoms with van der Waals surface area (Å²) >= 11 is 0. The highest BCUT2D eigenvalue weighted by atomic mass is 16.6. The van der Waals surface area contributed by atoms with Crippen LogP contribution in [0.4, 0.5) is 0 Å². The van der Waals surface area contributed by atoms with E-state index in [0.29, 0.717) is 12.6 Å². The predicted octanol–water partition coefficient (Wildman–Crippen LogP) is 3.98. The Balaban J connectivity index is 1.24. The van der Waals surface area contributed by atoms with Gasteiger partial charge in [0.15, 0.2) is 5.60 Å². The van der Waals surface area contributed by atoms with Gasteiger partial charge in [-0.05, 0) is 45.0 Å². The molecule has 0 saturated heterocycles. The number of fused-ring (bicyclic) bond motifs is 1. The number of aromatic nitrogens is 5. The van der Waals surface area contributed by atoms with Crippen LogP contribution in [0, 0.1) is 13.8 Å². The molecule has 7 nitrogen and oxygen atoms in total. The summed E-state index contributed by atoms with van der Waals surface area (Å²) in [5, 5.41) is 8.55. The zero-order valence-corrected chi connectivity index (χ0v) is 17.2. The van der Waals surface area contributed by atoms with Gasteiger partial charge in [0.1, 0.15) is 18.1 Å². The van der Waals surface area contributed by atoms with Gasteiger partial charge in [0.25, 0.3) is 6.01 Å². The van der Waals surface area contributed by atoms with Crippen LogP contribution < -0.4 is 9.47 Å². The molecule has 1 aliphatic rings. The van der Waals surface area contributed by atoms with Gasteiger partial charge >= 0.3 is 0 Å². The molecule has 0 bridgehead atoms. The Morgan fingerprint density at radius 1 is 1.03 bits per heavy atom. The van der Waals surface area contributed by atoms with E-state index in [2.05, 4.69) is 46.5 Å². The summed E-state index contributed by atoms with van der Waals surface area (Å²) in [5.41, 5.74) is 4.57. The van der Waals surface area contributed by atoms with E-state index in [1.807, 2.05) is 55.1 Å². The molecule has 0 aliphatic carbocycles. The lowest BCUT2D eigenvalue weighted by Gasteiger charge is -2.22. The van der Waals surface area contributed by atoms with Crippen molar-refractivity contribution < 1.29 is 9.47 Å². The Bertz CT molecular complexity index is 1150. The van der Waals surface area contributed by atoms with E-state index in [9.17, 15) is 0 Å². The van der Waals surface area contributed by atoms with Crippen molar-refractivity contribution in [1.82, 2.24) is 24.5 Å². The second-order valence-electron chi connectivity index (χ2n) is 8.04. The Kier molecular flexibility index (Phi) is 4.31. The summed E-state index contributed by atoms with van der Waals surface area (Å²) in [7, 11) is 0. The molecule has 2 aromatic heterocycles. The molecule has 1 unspecified atom stereocenters. The van der Waals surface area contributed by atoms with Gasteiger partial charge in [-0.2, -0.15) is 0 Å². The molecule has 5 rings (SSSR count). The fourth-order valence-corrected chi connectivity index (χ4v) is 3.59. The van der Waals surface area contributed by atoms with Crippen molar-refractivity contribution >= 4 is 0 Å². The number of aryl methyl sites for hydroxylation is 2. The first-order valence-corrected chi connectivity index (χ1v) is 9.93. The van der Waals surface area contributed by atoms with Crippen molar-refractivity contribution in [3.63, 3.8) is 0 Å². The van der Waals surface area contributed by atoms with Crippen LogP contribution in [0.2, 0.25) is 0 Å². The first-order valence-electron chi connectivity index (χ1n) is 9.93. The molecule has 7 heteroatoms. The third-order valence-electron chi connectivity index (χ3n) is 5.19. The Hall–Kier alpha value is -3.61. The van der Waals surface area contributed by atoms with E-state index in [1.165, 1.54) is 5.56 Å². The Labute approximate surface area is 174 Å². The topological polar surface area (TPSA) is 67.0 Å². The number of ether oxygens (including phenoxy) is 2. The summed E-state index contributed by atoms with van der Waals surface area (Å²) in [5.74, 6) is 0.781. The van der Waals surface area contributed by atoms with Gasteiger partial charge in [-0.1, -0.05) is 35.0 Å². The van der Waals surface area contributed by atoms with E-state index in [0.717, 1.165) is 34.9 Å². The zero-order chi connectivity index (χ0) is 20.7. The number of rotatable bonds is 5. The molecule has 1 aliphatic heterocycles. The summed E-state index contributed by atoms with van der Waals surface area (Å²) in [6.07, 6.45) is 3.93. The number of nitrogens with zero attached hydrogens (tertiary/aromatic N) is 5. The van der Waals surface area contributed by atoms with Crippen LogP contribution in [0.1, 0.15) is 18.2 Å². The number of hydrogen-bond acceptors (Lipinski definition) is 5. The average Bonchev–Trinajstić information content (AvgIpc) is 3.41. The molecule has 0 spiro atoms. The molecular weight excluding hydrogens is 378 g/mol. The Morgan fingerprint density at radius 2 is 1.80 bits per heavy atom. The van der Waals surface area contributed by atoms with Gasteiger partial charge in [0.05, 0.1) is 24.1 Å². The minimum absolute atomic E-state index is 0.427. The van der Waals surface area contributed by atoms with Gasteiger partial charge in [-0.3, -0.25) is 4.57 Å². The maximum atomic E-state index is 5.99. The van der Waals surface area contributed by atoms with Crippen LogP contribution >= 0.6 is 0 Å². The van der Waals surface area contributed by atoms with Crippen molar-refractivity contribution in [1.29, 1.82) is 0 Å². The zero-order valence-electron chi connectivity index (χ0n) is 17.2. The summed E-state index contributed by atoms with van der Waals surface area (Å²) < 4.78 is 15.8. The number of benzene rings is 2. The van der Waals surface area contributed by atoms with Gasteiger partial charge in [-0.15, -0.1) is 5.10 Å². The van der Waals surface area contributed by atoms with E-state index in [1.54, 1.807) is 4.68 Å². The van der Waals surface area contributed by atoms with Crippen molar-refractivity contribution in [2.24, 2.45) is 0 Å². The van der Waals surface area contributed by atoms with Crippen LogP contribution in [-0.4, -0.2) is 36.8 Å². The molecule has 4 aromatic rings. The predicted molar refractivity (Wildman–Crippen MR) is 113 cm³/mol. The van der Waals surface area contributed by atoms with Crippen LogP contribution in [0.3, 0.4) is 0 Å². The monoisotopic (exact) mass is 401 g/mol. The number of hydrogen-bond donors (Lipinski definition) is 0. The van der Waals surface area contributed by atoms with E-state index >= 15 is 0 Å². The van der Waals surface area contributed by atoms with Gasteiger partial charge < -0.3 is 9.47 Å². The van der Waals surface area contributed by atoms with Crippen molar-refractivity contribution in [2.75, 3.05) is 6.61 Å². The number of imidazole rings is 1. The molecule has 30 heavy (non-hydrogen) atoms. The standard InChI is InChI=1S/C23H23N5O2/c1-16-4-6-18(7-5-16)21-13-28(26-25-21)19-8-10-20(11-9-19)29-15-23(3)14-27-12-17(2)24-22(27)30-23/h4-13H,14-15H2,1-3H3. The lowest BCUT2D eigenvalue weighted by Crippen LogP contribution is -2.38. The second-order valence-corrected chi connectivity index (χ2v) is 8.04. The van der Waals surface area contributed by atoms with Crippen molar-refractivity contribution in [3.8, 4) is 28.7 Å². The maximum Gasteiger partial charge on any atom is 0.297 e. The van der Waals surface area contributed by atoms with E-state index in [4.69, 9.17) is 9.47 Å². The third kappa shape index (κ3) is 3.54. The van der Waals surface area contributed by atoms with Crippen LogP contribution in [0.5, 0.6) is 11.8 Å². The van der Waals surface area contributed by atoms with Gasteiger partial charge in [0.2, 0.25) is 0 Å². The van der Waals surface area contributed by atoms with Crippen molar-refractivity contribution in [2.45, 2.75) is 32.9 Å². The van der Waals surface area contributed by atoms with Crippen LogP contribution in [0.15, 0.2) is 60.9 Å². The summed E-state index contributed by atoms with van der Waals surface area (Å²) in [6, 6.07) is 16.7. The molecule has 2 aromatic carbocycles. The molecule has 0 amide bonds. The minimum atomic E-state index is -0.427. The van der Waals surface area contributed by atoms with Crippen LogP contribution in [-0.2, 0) is 6.54 Å². The van der Waals surface area contributed by atoms with Gasteiger partial charge in [-0.25, -0.2) is 9.67 Å². The Morgan fingerprint density at radius 3 is 2.53 bits per heavy atom. The highest BCUT2D eigenvalue weighted by Crippen LogP contribution is 2.29. The molecule has 0 saturated carbocycles. The summed E-state index contributed by atoms with van der Waals surface area (Å²) in [4.78, 5) is 4.38. The first kappa shape index (κ1) is 18.4. The van der Waals surface area contributed by atoms with Gasteiger partial charge in [0, 0.05) is 11.8 Å². The second kappa shape index (κ2) is 7.02. The van der Waals surface area contributed by atoms with Crippen molar-refractivity contribution in [3.05, 3.63) is 72.2 Å². The molecular formula is C23H23N5O2. The molecule has 1 atom stereocenters. The maximum absolute atomic E-state index is 5.99. The molecule has 0 fully saturated rings. The fraction of sp³-hybridized carbons (Fsp3) is 0.261. The summed E-state index contributed by atoms with van der Waals surface area (Å²) in [6.45, 7) is 7.23. The lowest BCUT2D eigenvalue weighted by atomic mass is 10.1. The largest absolute Gasteiger partial charge is 0.489 e. The fourth-order valence-electron chi connectivity index (χ4n) is 3.59. The highest BCUT2D eigenvalue weighted by molar-refractivity contribution is 5.58. The van der Waals surface area contributed by atoms with E-state index in [-0.39, 0.29) is 0 Å². The molecule has 0 radical (unpaired) electrons. The molecule has 152 valence electrons. The average molecular weight is 401 g/mol. The quantitative estimate of drug-likeness (QED) is 0.506. The smallest absolute Gasteiger partial charge is 0.297 e. The van der Waals surface area contributed by atoms with E-state index < -0.39 is 5.60 Å². The van der Waals surface area contributed by atoms with Crippen LogP contribution in [0.25, 0.3) is 16.9 Å². The SMILES string of the molecule is Cc1ccc(-c2cn(-c3ccc(OCC4(C)Cn5cc(C)nc5O4)cc3)nn2)cc1. The third-order valence-corrected chi connectivity index (χ3v) is 5.19.